The normalized spacial score (nSPS) is 11.4. The average Bonchev–Trinajstić information content (AvgIpc) is 2.38. The number of rotatable bonds is 4. The summed E-state index contributed by atoms with van der Waals surface area (Å²) in [6.45, 7) is 0.0250. The van der Waals surface area contributed by atoms with E-state index in [4.69, 9.17) is 27.0 Å². The average molecular weight is 414 g/mol. The van der Waals surface area contributed by atoms with Crippen LogP contribution >= 0.6 is 38.2 Å². The third-order valence-corrected chi connectivity index (χ3v) is 4.75. The molecule has 0 atom stereocenters. The quantitative estimate of drug-likeness (QED) is 0.679. The Kier molecular flexibility index (Phi) is 5.14. The largest absolute Gasteiger partial charge is 0.487 e. The molecule has 0 N–H and O–H groups in total. The van der Waals surface area contributed by atoms with Gasteiger partial charge in [-0.05, 0) is 30.3 Å². The van der Waals surface area contributed by atoms with Gasteiger partial charge in [0.15, 0.2) is 0 Å². The molecule has 0 amide bonds. The topological polar surface area (TPSA) is 43.4 Å². The van der Waals surface area contributed by atoms with E-state index in [1.807, 2.05) is 0 Å². The van der Waals surface area contributed by atoms with Crippen molar-refractivity contribution < 1.29 is 17.5 Å². The minimum atomic E-state index is -4.11. The fraction of sp³-hybridized carbons (Fsp3) is 0.0769. The lowest BCUT2D eigenvalue weighted by Gasteiger charge is -2.11. The first-order chi connectivity index (χ1) is 9.77. The van der Waals surface area contributed by atoms with Gasteiger partial charge < -0.3 is 4.74 Å². The zero-order chi connectivity index (χ0) is 15.6. The lowest BCUT2D eigenvalue weighted by atomic mass is 10.2. The second kappa shape index (κ2) is 6.52. The Morgan fingerprint density at radius 1 is 1.19 bits per heavy atom. The molecular formula is C13H8BrCl2FO3S. The van der Waals surface area contributed by atoms with E-state index in [-0.39, 0.29) is 12.4 Å². The molecule has 2 aromatic rings. The molecule has 0 radical (unpaired) electrons. The summed E-state index contributed by atoms with van der Waals surface area (Å²) in [4.78, 5) is -0.419. The van der Waals surface area contributed by atoms with Crippen LogP contribution in [0.2, 0.25) is 5.02 Å². The van der Waals surface area contributed by atoms with Crippen molar-refractivity contribution in [3.8, 4) is 5.75 Å². The number of hydrogen-bond donors (Lipinski definition) is 0. The van der Waals surface area contributed by atoms with Crippen LogP contribution < -0.4 is 4.74 Å². The summed E-state index contributed by atoms with van der Waals surface area (Å²) in [6.07, 6.45) is 0. The highest BCUT2D eigenvalue weighted by Gasteiger charge is 2.18. The van der Waals surface area contributed by atoms with E-state index in [9.17, 15) is 12.8 Å². The van der Waals surface area contributed by atoms with E-state index in [1.54, 1.807) is 18.2 Å². The van der Waals surface area contributed by atoms with Crippen molar-refractivity contribution in [2.24, 2.45) is 0 Å². The summed E-state index contributed by atoms with van der Waals surface area (Å²) in [5, 5.41) is 0.460. The number of benzene rings is 2. The second-order valence-corrected chi connectivity index (χ2v) is 7.91. The highest BCUT2D eigenvalue weighted by Crippen LogP contribution is 2.29. The third-order valence-electron chi connectivity index (χ3n) is 2.57. The van der Waals surface area contributed by atoms with Gasteiger partial charge in [0.2, 0.25) is 0 Å². The number of halogens is 4. The smallest absolute Gasteiger partial charge is 0.265 e. The number of ether oxygens (including phenoxy) is 1. The van der Waals surface area contributed by atoms with Gasteiger partial charge in [0, 0.05) is 25.7 Å². The molecule has 0 saturated heterocycles. The Bertz CT molecular complexity index is 781. The Hall–Kier alpha value is -0.820. The molecule has 2 rings (SSSR count). The molecule has 0 fully saturated rings. The summed E-state index contributed by atoms with van der Waals surface area (Å²) < 4.78 is 42.2. The van der Waals surface area contributed by atoms with Crippen LogP contribution in [0.25, 0.3) is 0 Å². The van der Waals surface area contributed by atoms with Gasteiger partial charge in [-0.2, -0.15) is 0 Å². The minimum absolute atomic E-state index is 0.0250. The molecule has 112 valence electrons. The standard InChI is InChI=1S/C13H8BrCl2FO3S/c14-9-2-1-8(11(15)5-9)7-20-12-4-3-10(17)6-13(12)21(16,18)19/h1-6H,7H2. The summed E-state index contributed by atoms with van der Waals surface area (Å²) in [6, 6.07) is 8.28. The monoisotopic (exact) mass is 412 g/mol. The molecular weight excluding hydrogens is 406 g/mol. The molecule has 0 aliphatic carbocycles. The molecule has 8 heteroatoms. The van der Waals surface area contributed by atoms with Crippen LogP contribution in [-0.4, -0.2) is 8.42 Å². The van der Waals surface area contributed by atoms with Gasteiger partial charge in [0.05, 0.1) is 0 Å². The van der Waals surface area contributed by atoms with E-state index in [0.29, 0.717) is 10.6 Å². The van der Waals surface area contributed by atoms with Crippen molar-refractivity contribution >= 4 is 47.3 Å². The van der Waals surface area contributed by atoms with Crippen molar-refractivity contribution in [3.63, 3.8) is 0 Å². The molecule has 3 nitrogen and oxygen atoms in total. The van der Waals surface area contributed by atoms with Gasteiger partial charge >= 0.3 is 0 Å². The van der Waals surface area contributed by atoms with Gasteiger partial charge in [0.1, 0.15) is 23.1 Å². The van der Waals surface area contributed by atoms with Crippen molar-refractivity contribution in [1.82, 2.24) is 0 Å². The second-order valence-electron chi connectivity index (χ2n) is 4.05. The van der Waals surface area contributed by atoms with Crippen molar-refractivity contribution in [2.75, 3.05) is 0 Å². The van der Waals surface area contributed by atoms with Crippen molar-refractivity contribution in [1.29, 1.82) is 0 Å². The van der Waals surface area contributed by atoms with E-state index in [1.165, 1.54) is 6.07 Å². The lowest BCUT2D eigenvalue weighted by molar-refractivity contribution is 0.297. The predicted octanol–water partition coefficient (Wildman–Crippen LogP) is 4.75. The summed E-state index contributed by atoms with van der Waals surface area (Å²) in [5.74, 6) is -0.756. The van der Waals surface area contributed by atoms with Crippen LogP contribution in [-0.2, 0) is 15.7 Å². The van der Waals surface area contributed by atoms with Gasteiger partial charge in [-0.1, -0.05) is 33.6 Å². The molecule has 0 spiro atoms. The minimum Gasteiger partial charge on any atom is -0.487 e. The van der Waals surface area contributed by atoms with Crippen LogP contribution in [0.4, 0.5) is 4.39 Å². The summed E-state index contributed by atoms with van der Waals surface area (Å²) in [7, 11) is 1.15. The van der Waals surface area contributed by atoms with Crippen molar-refractivity contribution in [3.05, 3.63) is 57.3 Å². The van der Waals surface area contributed by atoms with Crippen LogP contribution in [0.1, 0.15) is 5.56 Å². The predicted molar refractivity (Wildman–Crippen MR) is 82.9 cm³/mol. The summed E-state index contributed by atoms with van der Waals surface area (Å²) in [5.41, 5.74) is 0.655. The van der Waals surface area contributed by atoms with E-state index < -0.39 is 19.8 Å². The van der Waals surface area contributed by atoms with E-state index >= 15 is 0 Å². The zero-order valence-electron chi connectivity index (χ0n) is 10.3. The van der Waals surface area contributed by atoms with Gasteiger partial charge in [-0.25, -0.2) is 12.8 Å². The van der Waals surface area contributed by atoms with E-state index in [0.717, 1.165) is 16.6 Å². The maximum atomic E-state index is 13.1. The fourth-order valence-corrected chi connectivity index (χ4v) is 3.30. The van der Waals surface area contributed by atoms with Gasteiger partial charge in [-0.3, -0.25) is 0 Å². The molecule has 0 bridgehead atoms. The highest BCUT2D eigenvalue weighted by atomic mass is 79.9. The molecule has 0 aliphatic heterocycles. The molecule has 0 saturated carbocycles. The van der Waals surface area contributed by atoms with Gasteiger partial charge in [-0.15, -0.1) is 0 Å². The number of hydrogen-bond acceptors (Lipinski definition) is 3. The Labute approximate surface area is 139 Å². The highest BCUT2D eigenvalue weighted by molar-refractivity contribution is 9.10. The Balaban J connectivity index is 2.28. The fourth-order valence-electron chi connectivity index (χ4n) is 1.59. The SMILES string of the molecule is O=S(=O)(Cl)c1cc(F)ccc1OCc1ccc(Br)cc1Cl. The Morgan fingerprint density at radius 2 is 1.90 bits per heavy atom. The molecule has 0 heterocycles. The molecule has 2 aromatic carbocycles. The summed E-state index contributed by atoms with van der Waals surface area (Å²) >= 11 is 9.31. The first-order valence-electron chi connectivity index (χ1n) is 5.58. The molecule has 0 aliphatic rings. The zero-order valence-corrected chi connectivity index (χ0v) is 14.2. The lowest BCUT2D eigenvalue weighted by Crippen LogP contribution is -2.02. The van der Waals surface area contributed by atoms with Crippen LogP contribution in [0, 0.1) is 5.82 Å². The van der Waals surface area contributed by atoms with Crippen LogP contribution in [0.3, 0.4) is 0 Å². The molecule has 0 aromatic heterocycles. The molecule has 0 unspecified atom stereocenters. The van der Waals surface area contributed by atoms with Crippen molar-refractivity contribution in [2.45, 2.75) is 11.5 Å². The first-order valence-corrected chi connectivity index (χ1v) is 9.06. The van der Waals surface area contributed by atoms with Crippen LogP contribution in [0.15, 0.2) is 45.8 Å². The first kappa shape index (κ1) is 16.5. The Morgan fingerprint density at radius 3 is 2.52 bits per heavy atom. The van der Waals surface area contributed by atoms with Gasteiger partial charge in [0.25, 0.3) is 9.05 Å². The van der Waals surface area contributed by atoms with Crippen LogP contribution in [0.5, 0.6) is 5.75 Å². The molecule has 21 heavy (non-hydrogen) atoms. The maximum Gasteiger partial charge on any atom is 0.265 e. The van der Waals surface area contributed by atoms with E-state index in [2.05, 4.69) is 15.9 Å². The maximum absolute atomic E-state index is 13.1. The third kappa shape index (κ3) is 4.32.